The Labute approximate surface area is 162 Å². The van der Waals surface area contributed by atoms with E-state index in [0.29, 0.717) is 11.3 Å². The summed E-state index contributed by atoms with van der Waals surface area (Å²) >= 11 is 0. The molecular formula is C23H43NO2. The van der Waals surface area contributed by atoms with Crippen LogP contribution in [0.5, 0.6) is 0 Å². The SMILES string of the molecule is CC.CC(C)C(C)(C)CCOC(C)(C)CCNCc1ccc(CO)cc1. The third-order valence-electron chi connectivity index (χ3n) is 5.24. The summed E-state index contributed by atoms with van der Waals surface area (Å²) in [7, 11) is 0. The molecule has 2 N–H and O–H groups in total. The molecule has 1 rings (SSSR count). The Kier molecular flexibility index (Phi) is 12.0. The maximum absolute atomic E-state index is 9.05. The quantitative estimate of drug-likeness (QED) is 0.505. The van der Waals surface area contributed by atoms with Crippen molar-refractivity contribution in [3.8, 4) is 0 Å². The third-order valence-corrected chi connectivity index (χ3v) is 5.24. The zero-order chi connectivity index (χ0) is 20.2. The predicted molar refractivity (Wildman–Crippen MR) is 113 cm³/mol. The standard InChI is InChI=1S/C21H37NO2.C2H6/c1-17(2)20(3,4)12-14-24-21(5,6)11-13-22-15-18-7-9-19(16-23)10-8-18;1-2/h7-10,17,22-23H,11-16H2,1-6H3;1-2H3. The lowest BCUT2D eigenvalue weighted by atomic mass is 9.78. The molecule has 0 saturated heterocycles. The van der Waals surface area contributed by atoms with Crippen LogP contribution in [-0.4, -0.2) is 23.9 Å². The van der Waals surface area contributed by atoms with E-state index < -0.39 is 0 Å². The van der Waals surface area contributed by atoms with Crippen molar-refractivity contribution >= 4 is 0 Å². The fraction of sp³-hybridized carbons (Fsp3) is 0.739. The van der Waals surface area contributed by atoms with Crippen LogP contribution >= 0.6 is 0 Å². The van der Waals surface area contributed by atoms with Crippen molar-refractivity contribution in [3.05, 3.63) is 35.4 Å². The van der Waals surface area contributed by atoms with E-state index in [1.54, 1.807) is 0 Å². The summed E-state index contributed by atoms with van der Waals surface area (Å²) in [6.07, 6.45) is 2.09. The number of hydrogen-bond donors (Lipinski definition) is 2. The summed E-state index contributed by atoms with van der Waals surface area (Å²) in [4.78, 5) is 0. The normalized spacial score (nSPS) is 12.1. The van der Waals surface area contributed by atoms with Crippen LogP contribution in [0.15, 0.2) is 24.3 Å². The van der Waals surface area contributed by atoms with E-state index in [1.807, 2.05) is 26.0 Å². The summed E-state index contributed by atoms with van der Waals surface area (Å²) in [5, 5.41) is 12.5. The molecule has 0 atom stereocenters. The van der Waals surface area contributed by atoms with Gasteiger partial charge in [0.05, 0.1) is 12.2 Å². The second-order valence-electron chi connectivity index (χ2n) is 8.40. The molecule has 0 aliphatic carbocycles. The van der Waals surface area contributed by atoms with Crippen LogP contribution in [0.1, 0.15) is 79.4 Å². The fourth-order valence-corrected chi connectivity index (χ4v) is 2.34. The Hall–Kier alpha value is -0.900. The molecule has 0 radical (unpaired) electrons. The van der Waals surface area contributed by atoms with Gasteiger partial charge in [0.2, 0.25) is 0 Å². The lowest BCUT2D eigenvalue weighted by molar-refractivity contribution is -0.0375. The van der Waals surface area contributed by atoms with Gasteiger partial charge in [-0.1, -0.05) is 65.8 Å². The van der Waals surface area contributed by atoms with Gasteiger partial charge in [-0.2, -0.15) is 0 Å². The lowest BCUT2D eigenvalue weighted by Gasteiger charge is -2.32. The summed E-state index contributed by atoms with van der Waals surface area (Å²) in [5.41, 5.74) is 2.43. The van der Waals surface area contributed by atoms with Crippen molar-refractivity contribution in [2.45, 2.75) is 87.0 Å². The van der Waals surface area contributed by atoms with Crippen LogP contribution in [0.3, 0.4) is 0 Å². The van der Waals surface area contributed by atoms with Gasteiger partial charge in [0.15, 0.2) is 0 Å². The molecule has 0 fully saturated rings. The second kappa shape index (κ2) is 12.5. The minimum atomic E-state index is -0.0964. The highest BCUT2D eigenvalue weighted by Crippen LogP contribution is 2.30. The summed E-state index contributed by atoms with van der Waals surface area (Å²) in [6, 6.07) is 8.07. The van der Waals surface area contributed by atoms with Crippen molar-refractivity contribution in [3.63, 3.8) is 0 Å². The van der Waals surface area contributed by atoms with Gasteiger partial charge in [-0.3, -0.25) is 0 Å². The number of aliphatic hydroxyl groups is 1. The first kappa shape index (κ1) is 25.1. The zero-order valence-corrected chi connectivity index (χ0v) is 18.5. The summed E-state index contributed by atoms with van der Waals surface area (Å²) in [6.45, 7) is 20.2. The van der Waals surface area contributed by atoms with Crippen LogP contribution in [-0.2, 0) is 17.9 Å². The van der Waals surface area contributed by atoms with E-state index in [1.165, 1.54) is 5.56 Å². The molecular weight excluding hydrogens is 322 g/mol. The number of aliphatic hydroxyl groups excluding tert-OH is 1. The average Bonchev–Trinajstić information content (AvgIpc) is 2.60. The number of rotatable bonds is 11. The molecule has 0 spiro atoms. The molecule has 26 heavy (non-hydrogen) atoms. The average molecular weight is 366 g/mol. The zero-order valence-electron chi connectivity index (χ0n) is 18.5. The van der Waals surface area contributed by atoms with Crippen LogP contribution in [0.25, 0.3) is 0 Å². The highest BCUT2D eigenvalue weighted by molar-refractivity contribution is 5.21. The maximum Gasteiger partial charge on any atom is 0.0681 e. The van der Waals surface area contributed by atoms with Crippen molar-refractivity contribution in [2.75, 3.05) is 13.2 Å². The molecule has 0 bridgehead atoms. The summed E-state index contributed by atoms with van der Waals surface area (Å²) in [5.74, 6) is 0.670. The van der Waals surface area contributed by atoms with E-state index >= 15 is 0 Å². The van der Waals surface area contributed by atoms with E-state index in [-0.39, 0.29) is 12.2 Å². The largest absolute Gasteiger partial charge is 0.392 e. The minimum Gasteiger partial charge on any atom is -0.392 e. The molecule has 0 saturated carbocycles. The van der Waals surface area contributed by atoms with Gasteiger partial charge < -0.3 is 15.2 Å². The van der Waals surface area contributed by atoms with Gasteiger partial charge in [-0.15, -0.1) is 0 Å². The van der Waals surface area contributed by atoms with Crippen LogP contribution in [0.4, 0.5) is 0 Å². The first-order valence-electron chi connectivity index (χ1n) is 10.2. The Morgan fingerprint density at radius 3 is 2.00 bits per heavy atom. The monoisotopic (exact) mass is 365 g/mol. The van der Waals surface area contributed by atoms with Crippen molar-refractivity contribution in [1.29, 1.82) is 0 Å². The van der Waals surface area contributed by atoms with Gasteiger partial charge in [-0.05, 0) is 55.7 Å². The van der Waals surface area contributed by atoms with Crippen LogP contribution in [0.2, 0.25) is 0 Å². The third kappa shape index (κ3) is 10.3. The fourth-order valence-electron chi connectivity index (χ4n) is 2.34. The first-order chi connectivity index (χ1) is 12.2. The molecule has 0 heterocycles. The van der Waals surface area contributed by atoms with Gasteiger partial charge in [0.25, 0.3) is 0 Å². The molecule has 3 heteroatoms. The molecule has 0 unspecified atom stereocenters. The lowest BCUT2D eigenvalue weighted by Crippen LogP contribution is -2.32. The highest BCUT2D eigenvalue weighted by atomic mass is 16.5. The molecule has 0 aromatic heterocycles. The van der Waals surface area contributed by atoms with E-state index in [0.717, 1.165) is 38.1 Å². The number of benzene rings is 1. The molecule has 3 nitrogen and oxygen atoms in total. The smallest absolute Gasteiger partial charge is 0.0681 e. The maximum atomic E-state index is 9.05. The van der Waals surface area contributed by atoms with Gasteiger partial charge in [0, 0.05) is 13.2 Å². The predicted octanol–water partition coefficient (Wildman–Crippen LogP) is 5.55. The molecule has 152 valence electrons. The Morgan fingerprint density at radius 1 is 0.962 bits per heavy atom. The molecule has 0 aliphatic rings. The number of nitrogens with one attached hydrogen (secondary N) is 1. The van der Waals surface area contributed by atoms with Gasteiger partial charge >= 0.3 is 0 Å². The molecule has 1 aromatic rings. The molecule has 0 aliphatic heterocycles. The van der Waals surface area contributed by atoms with E-state index in [2.05, 4.69) is 59.0 Å². The molecule has 0 amide bonds. The van der Waals surface area contributed by atoms with Crippen molar-refractivity contribution in [2.24, 2.45) is 11.3 Å². The van der Waals surface area contributed by atoms with Gasteiger partial charge in [0.1, 0.15) is 0 Å². The molecule has 1 aromatic carbocycles. The number of hydrogen-bond acceptors (Lipinski definition) is 3. The second-order valence-corrected chi connectivity index (χ2v) is 8.40. The Bertz CT molecular complexity index is 464. The first-order valence-corrected chi connectivity index (χ1v) is 10.2. The van der Waals surface area contributed by atoms with Crippen molar-refractivity contribution in [1.82, 2.24) is 5.32 Å². The van der Waals surface area contributed by atoms with E-state index in [9.17, 15) is 0 Å². The van der Waals surface area contributed by atoms with Gasteiger partial charge in [-0.25, -0.2) is 0 Å². The van der Waals surface area contributed by atoms with Crippen LogP contribution in [0, 0.1) is 11.3 Å². The Morgan fingerprint density at radius 2 is 1.50 bits per heavy atom. The highest BCUT2D eigenvalue weighted by Gasteiger charge is 2.24. The minimum absolute atomic E-state index is 0.0964. The Balaban J connectivity index is 0.00000301. The topological polar surface area (TPSA) is 41.5 Å². The van der Waals surface area contributed by atoms with E-state index in [4.69, 9.17) is 9.84 Å². The number of ether oxygens (including phenoxy) is 1. The van der Waals surface area contributed by atoms with Crippen LogP contribution < -0.4 is 5.32 Å². The van der Waals surface area contributed by atoms with Crippen molar-refractivity contribution < 1.29 is 9.84 Å². The summed E-state index contributed by atoms with van der Waals surface area (Å²) < 4.78 is 6.13.